The second-order valence-electron chi connectivity index (χ2n) is 4.56. The molecule has 0 spiro atoms. The summed E-state index contributed by atoms with van der Waals surface area (Å²) >= 11 is 3.08. The lowest BCUT2D eigenvalue weighted by Gasteiger charge is -2.07. The van der Waals surface area contributed by atoms with Gasteiger partial charge in [0.15, 0.2) is 0 Å². The lowest BCUT2D eigenvalue weighted by Crippen LogP contribution is -2.14. The number of carbonyl (C=O) groups excluding carboxylic acids is 1. The van der Waals surface area contributed by atoms with Crippen molar-refractivity contribution in [3.63, 3.8) is 0 Å². The zero-order valence-electron chi connectivity index (χ0n) is 10.1. The van der Waals surface area contributed by atoms with E-state index < -0.39 is 16.0 Å². The van der Waals surface area contributed by atoms with E-state index in [9.17, 15) is 13.2 Å². The third kappa shape index (κ3) is 4.02. The van der Waals surface area contributed by atoms with Crippen molar-refractivity contribution in [3.05, 3.63) is 28.2 Å². The Hall–Kier alpha value is -0.920. The summed E-state index contributed by atoms with van der Waals surface area (Å²) in [6.07, 6.45) is 3.26. The van der Waals surface area contributed by atoms with Gasteiger partial charge in [-0.3, -0.25) is 0 Å². The third-order valence-corrected chi connectivity index (χ3v) is 4.83. The van der Waals surface area contributed by atoms with Gasteiger partial charge in [0.05, 0.1) is 17.1 Å². The summed E-state index contributed by atoms with van der Waals surface area (Å²) in [6.45, 7) is 0.365. The molecule has 0 aromatic heterocycles. The molecule has 1 aromatic carbocycles. The number of carbonyl (C=O) groups is 1. The summed E-state index contributed by atoms with van der Waals surface area (Å²) in [6, 6.07) is 4.19. The largest absolute Gasteiger partial charge is 0.462 e. The van der Waals surface area contributed by atoms with Gasteiger partial charge in [-0.1, -0.05) is 12.8 Å². The molecule has 0 unspecified atom stereocenters. The number of hydrogen-bond acceptors (Lipinski definition) is 4. The van der Waals surface area contributed by atoms with Crippen molar-refractivity contribution in [2.45, 2.75) is 24.2 Å². The maximum atomic E-state index is 11.8. The second-order valence-corrected chi connectivity index (χ2v) is 6.94. The topological polar surface area (TPSA) is 86.5 Å². The maximum Gasteiger partial charge on any atom is 0.338 e. The van der Waals surface area contributed by atoms with Gasteiger partial charge in [0.1, 0.15) is 0 Å². The van der Waals surface area contributed by atoms with Crippen molar-refractivity contribution < 1.29 is 17.9 Å². The minimum absolute atomic E-state index is 0.121. The highest BCUT2D eigenvalue weighted by Crippen LogP contribution is 2.32. The third-order valence-electron chi connectivity index (χ3n) is 2.93. The summed E-state index contributed by atoms with van der Waals surface area (Å²) in [5.41, 5.74) is 0.183. The van der Waals surface area contributed by atoms with Crippen LogP contribution in [0, 0.1) is 5.92 Å². The molecule has 0 aliphatic heterocycles. The molecule has 5 nitrogen and oxygen atoms in total. The van der Waals surface area contributed by atoms with E-state index >= 15 is 0 Å². The van der Waals surface area contributed by atoms with Crippen molar-refractivity contribution in [3.8, 4) is 0 Å². The average molecular weight is 348 g/mol. The van der Waals surface area contributed by atoms with E-state index in [-0.39, 0.29) is 10.5 Å². The van der Waals surface area contributed by atoms with Crippen LogP contribution in [-0.4, -0.2) is 21.0 Å². The Labute approximate surface area is 120 Å². The van der Waals surface area contributed by atoms with Gasteiger partial charge >= 0.3 is 5.97 Å². The van der Waals surface area contributed by atoms with Gasteiger partial charge in [0.2, 0.25) is 10.0 Å². The van der Waals surface area contributed by atoms with Gasteiger partial charge in [-0.05, 0) is 46.5 Å². The molecule has 1 aliphatic rings. The smallest absolute Gasteiger partial charge is 0.338 e. The predicted octanol–water partition coefficient (Wildman–Crippen LogP) is 2.05. The fraction of sp³-hybridized carbons (Fsp3) is 0.417. The standard InChI is InChI=1S/C12H14BrNO4S/c13-10-4-3-9(7-11(10)19(14,16)17)12(15)18-6-5-8-1-2-8/h3-4,7-8H,1-2,5-6H2,(H2,14,16,17). The highest BCUT2D eigenvalue weighted by atomic mass is 79.9. The van der Waals surface area contributed by atoms with Gasteiger partial charge in [-0.25, -0.2) is 18.4 Å². The maximum absolute atomic E-state index is 11.8. The first-order valence-corrected chi connectivity index (χ1v) is 8.21. The Morgan fingerprint density at radius 1 is 1.42 bits per heavy atom. The highest BCUT2D eigenvalue weighted by Gasteiger charge is 2.22. The van der Waals surface area contributed by atoms with Gasteiger partial charge in [0.25, 0.3) is 0 Å². The van der Waals surface area contributed by atoms with E-state index in [0.717, 1.165) is 6.42 Å². The number of sulfonamides is 1. The van der Waals surface area contributed by atoms with Crippen molar-refractivity contribution in [2.75, 3.05) is 6.61 Å². The van der Waals surface area contributed by atoms with Crippen LogP contribution in [0.25, 0.3) is 0 Å². The first-order chi connectivity index (χ1) is 8.88. The molecular formula is C12H14BrNO4S. The van der Waals surface area contributed by atoms with Crippen molar-refractivity contribution in [2.24, 2.45) is 11.1 Å². The van der Waals surface area contributed by atoms with Crippen LogP contribution < -0.4 is 5.14 Å². The number of hydrogen-bond donors (Lipinski definition) is 1. The number of benzene rings is 1. The number of primary sulfonamides is 1. The summed E-state index contributed by atoms with van der Waals surface area (Å²) in [7, 11) is -3.87. The quantitative estimate of drug-likeness (QED) is 0.825. The Morgan fingerprint density at radius 3 is 2.68 bits per heavy atom. The van der Waals surface area contributed by atoms with E-state index in [4.69, 9.17) is 9.88 Å². The van der Waals surface area contributed by atoms with Crippen LogP contribution in [0.3, 0.4) is 0 Å². The molecular weight excluding hydrogens is 334 g/mol. The summed E-state index contributed by atoms with van der Waals surface area (Å²) in [5, 5.41) is 5.06. The van der Waals surface area contributed by atoms with E-state index in [1.54, 1.807) is 0 Å². The van der Waals surface area contributed by atoms with Gasteiger partial charge in [0, 0.05) is 4.47 Å². The number of rotatable bonds is 5. The van der Waals surface area contributed by atoms with E-state index in [1.165, 1.54) is 31.0 Å². The van der Waals surface area contributed by atoms with Crippen molar-refractivity contribution >= 4 is 31.9 Å². The molecule has 0 atom stereocenters. The molecule has 2 rings (SSSR count). The molecule has 1 aliphatic carbocycles. The molecule has 0 amide bonds. The highest BCUT2D eigenvalue weighted by molar-refractivity contribution is 9.10. The van der Waals surface area contributed by atoms with Crippen LogP contribution in [0.2, 0.25) is 0 Å². The molecule has 1 saturated carbocycles. The first-order valence-electron chi connectivity index (χ1n) is 5.87. The Balaban J connectivity index is 2.08. The van der Waals surface area contributed by atoms with E-state index in [0.29, 0.717) is 17.0 Å². The van der Waals surface area contributed by atoms with Crippen LogP contribution in [0.1, 0.15) is 29.6 Å². The predicted molar refractivity (Wildman–Crippen MR) is 73.1 cm³/mol. The monoisotopic (exact) mass is 347 g/mol. The number of nitrogens with two attached hydrogens (primary N) is 1. The van der Waals surface area contributed by atoms with Crippen LogP contribution in [0.5, 0.6) is 0 Å². The van der Waals surface area contributed by atoms with Gasteiger partial charge in [-0.2, -0.15) is 0 Å². The molecule has 7 heteroatoms. The molecule has 0 heterocycles. The Bertz CT molecular complexity index is 596. The molecule has 1 fully saturated rings. The normalized spacial score (nSPS) is 15.3. The van der Waals surface area contributed by atoms with Crippen LogP contribution in [-0.2, 0) is 14.8 Å². The molecule has 1 aromatic rings. The van der Waals surface area contributed by atoms with Crippen LogP contribution >= 0.6 is 15.9 Å². The van der Waals surface area contributed by atoms with E-state index in [2.05, 4.69) is 15.9 Å². The SMILES string of the molecule is NS(=O)(=O)c1cc(C(=O)OCCC2CC2)ccc1Br. The fourth-order valence-electron chi connectivity index (χ4n) is 1.66. The minimum atomic E-state index is -3.87. The summed E-state index contributed by atoms with van der Waals surface area (Å²) < 4.78 is 28.1. The average Bonchev–Trinajstić information content (AvgIpc) is 3.12. The first kappa shape index (κ1) is 14.5. The zero-order chi connectivity index (χ0) is 14.0. The van der Waals surface area contributed by atoms with Crippen molar-refractivity contribution in [1.29, 1.82) is 0 Å². The molecule has 104 valence electrons. The Kier molecular flexibility index (Phi) is 4.27. The van der Waals surface area contributed by atoms with Crippen molar-refractivity contribution in [1.82, 2.24) is 0 Å². The fourth-order valence-corrected chi connectivity index (χ4v) is 3.21. The number of halogens is 1. The molecule has 2 N–H and O–H groups in total. The van der Waals surface area contributed by atoms with Crippen LogP contribution in [0.4, 0.5) is 0 Å². The summed E-state index contributed by atoms with van der Waals surface area (Å²) in [5.74, 6) is 0.149. The van der Waals surface area contributed by atoms with Crippen LogP contribution in [0.15, 0.2) is 27.6 Å². The lowest BCUT2D eigenvalue weighted by atomic mass is 10.2. The molecule has 19 heavy (non-hydrogen) atoms. The van der Waals surface area contributed by atoms with Gasteiger partial charge < -0.3 is 4.74 Å². The molecule has 0 radical (unpaired) electrons. The number of ether oxygens (including phenoxy) is 1. The minimum Gasteiger partial charge on any atom is -0.462 e. The van der Waals surface area contributed by atoms with Gasteiger partial charge in [-0.15, -0.1) is 0 Å². The number of esters is 1. The second kappa shape index (κ2) is 5.60. The van der Waals surface area contributed by atoms with E-state index in [1.807, 2.05) is 0 Å². The lowest BCUT2D eigenvalue weighted by molar-refractivity contribution is 0.0494. The molecule has 0 bridgehead atoms. The Morgan fingerprint density at radius 2 is 2.11 bits per heavy atom. The molecule has 0 saturated heterocycles. The zero-order valence-corrected chi connectivity index (χ0v) is 12.5. The summed E-state index contributed by atoms with van der Waals surface area (Å²) in [4.78, 5) is 11.6.